The molecule has 0 fully saturated rings. The molecule has 0 spiro atoms. The highest BCUT2D eigenvalue weighted by atomic mass is 32.1. The quantitative estimate of drug-likeness (QED) is 0.663. The number of thiocarbonyl (C=S) groups is 1. The van der Waals surface area contributed by atoms with Crippen LogP contribution in [-0.2, 0) is 0 Å². The maximum absolute atomic E-state index is 13.2. The Balaban J connectivity index is 2.96. The van der Waals surface area contributed by atoms with E-state index in [2.05, 4.69) is 17.0 Å². The molecule has 0 bridgehead atoms. The van der Waals surface area contributed by atoms with Gasteiger partial charge in [-0.25, -0.2) is 4.39 Å². The maximum Gasteiger partial charge on any atom is 0.422 e. The van der Waals surface area contributed by atoms with Crippen molar-refractivity contribution >= 4 is 17.2 Å². The average Bonchev–Trinajstić information content (AvgIpc) is 2.12. The van der Waals surface area contributed by atoms with E-state index in [0.29, 0.717) is 0 Å². The minimum atomic E-state index is -4.50. The Morgan fingerprint density at radius 2 is 2.00 bits per heavy atom. The monoisotopic (exact) mass is 253 g/mol. The molecule has 0 amide bonds. The van der Waals surface area contributed by atoms with Gasteiger partial charge in [0.15, 0.2) is 6.61 Å². The van der Waals surface area contributed by atoms with Crippen LogP contribution in [0.25, 0.3) is 0 Å². The second-order valence-electron chi connectivity index (χ2n) is 2.88. The molecule has 0 unspecified atom stereocenters. The van der Waals surface area contributed by atoms with E-state index in [0.717, 1.165) is 6.07 Å². The van der Waals surface area contributed by atoms with Crippen molar-refractivity contribution in [1.82, 2.24) is 0 Å². The van der Waals surface area contributed by atoms with Crippen LogP contribution in [0.2, 0.25) is 0 Å². The summed E-state index contributed by atoms with van der Waals surface area (Å²) in [5.74, 6) is -1.13. The third-order valence-corrected chi connectivity index (χ3v) is 1.82. The van der Waals surface area contributed by atoms with Gasteiger partial charge in [-0.2, -0.15) is 13.2 Å². The zero-order valence-electron chi connectivity index (χ0n) is 7.84. The van der Waals surface area contributed by atoms with E-state index in [9.17, 15) is 17.6 Å². The maximum atomic E-state index is 13.2. The fourth-order valence-electron chi connectivity index (χ4n) is 1.02. The molecule has 1 aromatic carbocycles. The smallest absolute Gasteiger partial charge is 0.422 e. The largest absolute Gasteiger partial charge is 0.483 e. The van der Waals surface area contributed by atoms with E-state index in [1.165, 1.54) is 12.1 Å². The molecule has 7 heteroatoms. The highest BCUT2D eigenvalue weighted by Crippen LogP contribution is 2.24. The van der Waals surface area contributed by atoms with Crippen molar-refractivity contribution < 1.29 is 22.3 Å². The fraction of sp³-hybridized carbons (Fsp3) is 0.222. The van der Waals surface area contributed by atoms with Gasteiger partial charge in [0.2, 0.25) is 0 Å². The van der Waals surface area contributed by atoms with E-state index < -0.39 is 18.6 Å². The Morgan fingerprint density at radius 1 is 1.38 bits per heavy atom. The summed E-state index contributed by atoms with van der Waals surface area (Å²) in [5.41, 5.74) is 4.87. The summed E-state index contributed by atoms with van der Waals surface area (Å²) in [4.78, 5) is -0.352. The first-order chi connectivity index (χ1) is 7.31. The van der Waals surface area contributed by atoms with Crippen LogP contribution in [0.3, 0.4) is 0 Å². The molecule has 0 aliphatic rings. The van der Waals surface area contributed by atoms with Crippen molar-refractivity contribution in [3.05, 3.63) is 29.6 Å². The average molecular weight is 253 g/mol. The lowest BCUT2D eigenvalue weighted by Crippen LogP contribution is -2.21. The molecule has 0 aliphatic carbocycles. The Hall–Kier alpha value is -1.37. The van der Waals surface area contributed by atoms with Gasteiger partial charge in [-0.15, -0.1) is 0 Å². The van der Waals surface area contributed by atoms with Crippen LogP contribution >= 0.6 is 12.2 Å². The van der Waals surface area contributed by atoms with Gasteiger partial charge in [0.25, 0.3) is 0 Å². The number of rotatable bonds is 3. The molecule has 16 heavy (non-hydrogen) atoms. The molecular weight excluding hydrogens is 246 g/mol. The minimum Gasteiger partial charge on any atom is -0.483 e. The lowest BCUT2D eigenvalue weighted by Gasteiger charge is -2.12. The van der Waals surface area contributed by atoms with E-state index in [1.807, 2.05) is 0 Å². The number of nitrogens with two attached hydrogens (primary N) is 1. The molecule has 0 aliphatic heterocycles. The summed E-state index contributed by atoms with van der Waals surface area (Å²) in [6, 6.07) is 3.42. The highest BCUT2D eigenvalue weighted by Gasteiger charge is 2.29. The predicted octanol–water partition coefficient (Wildman–Crippen LogP) is 2.40. The van der Waals surface area contributed by atoms with Crippen LogP contribution in [0.5, 0.6) is 5.75 Å². The summed E-state index contributed by atoms with van der Waals surface area (Å²) in [5, 5.41) is 0. The van der Waals surface area contributed by atoms with Crippen LogP contribution in [0.4, 0.5) is 17.6 Å². The zero-order valence-corrected chi connectivity index (χ0v) is 8.66. The summed E-state index contributed by atoms with van der Waals surface area (Å²) in [7, 11) is 0. The van der Waals surface area contributed by atoms with E-state index in [-0.39, 0.29) is 16.3 Å². The Bertz CT molecular complexity index is 405. The second kappa shape index (κ2) is 4.65. The summed E-state index contributed by atoms with van der Waals surface area (Å²) in [6.07, 6.45) is -4.50. The Labute approximate surface area is 94.0 Å². The Kier molecular flexibility index (Phi) is 3.69. The number of halogens is 4. The molecule has 88 valence electrons. The molecule has 0 aromatic heterocycles. The van der Waals surface area contributed by atoms with Crippen molar-refractivity contribution in [2.24, 2.45) is 5.73 Å². The van der Waals surface area contributed by atoms with Gasteiger partial charge in [0.1, 0.15) is 16.6 Å². The molecule has 1 rings (SSSR count). The molecule has 1 aromatic rings. The molecule has 0 radical (unpaired) electrons. The van der Waals surface area contributed by atoms with Gasteiger partial charge in [0, 0.05) is 0 Å². The van der Waals surface area contributed by atoms with Crippen LogP contribution < -0.4 is 10.5 Å². The number of ether oxygens (including phenoxy) is 1. The van der Waals surface area contributed by atoms with Gasteiger partial charge in [-0.05, 0) is 12.1 Å². The van der Waals surface area contributed by atoms with Crippen molar-refractivity contribution in [3.63, 3.8) is 0 Å². The minimum absolute atomic E-state index is 0.315. The number of alkyl halides is 3. The SMILES string of the molecule is NC(=S)c1c(F)cccc1OCC(F)(F)F. The molecule has 0 saturated carbocycles. The van der Waals surface area contributed by atoms with E-state index >= 15 is 0 Å². The molecule has 0 saturated heterocycles. The van der Waals surface area contributed by atoms with E-state index in [1.54, 1.807) is 0 Å². The van der Waals surface area contributed by atoms with Crippen LogP contribution in [-0.4, -0.2) is 17.8 Å². The summed E-state index contributed by atoms with van der Waals surface area (Å²) in [6.45, 7) is -1.52. The van der Waals surface area contributed by atoms with Crippen LogP contribution in [0.1, 0.15) is 5.56 Å². The summed E-state index contributed by atoms with van der Waals surface area (Å²) >= 11 is 4.52. The first kappa shape index (κ1) is 12.7. The number of benzene rings is 1. The molecule has 0 heterocycles. The third kappa shape index (κ3) is 3.34. The van der Waals surface area contributed by atoms with Gasteiger partial charge >= 0.3 is 6.18 Å². The molecule has 2 nitrogen and oxygen atoms in total. The normalized spacial score (nSPS) is 11.2. The standard InChI is InChI=1S/C9H7F4NOS/c10-5-2-1-3-6(7(5)8(14)16)15-4-9(11,12)13/h1-3H,4H2,(H2,14,16). The Morgan fingerprint density at radius 3 is 2.50 bits per heavy atom. The van der Waals surface area contributed by atoms with Gasteiger partial charge in [-0.1, -0.05) is 18.3 Å². The number of hydrogen-bond acceptors (Lipinski definition) is 2. The van der Waals surface area contributed by atoms with Gasteiger partial charge in [0.05, 0.1) is 5.56 Å². The molecular formula is C9H7F4NOS. The lowest BCUT2D eigenvalue weighted by atomic mass is 10.2. The first-order valence-corrected chi connectivity index (χ1v) is 4.50. The van der Waals surface area contributed by atoms with E-state index in [4.69, 9.17) is 5.73 Å². The van der Waals surface area contributed by atoms with Crippen molar-refractivity contribution in [3.8, 4) is 5.75 Å². The predicted molar refractivity (Wildman–Crippen MR) is 53.8 cm³/mol. The molecule has 0 atom stereocenters. The van der Waals surface area contributed by atoms with Crippen molar-refractivity contribution in [2.75, 3.05) is 6.61 Å². The molecule has 2 N–H and O–H groups in total. The second-order valence-corrected chi connectivity index (χ2v) is 3.32. The van der Waals surface area contributed by atoms with Crippen molar-refractivity contribution in [1.29, 1.82) is 0 Å². The van der Waals surface area contributed by atoms with Crippen molar-refractivity contribution in [2.45, 2.75) is 6.18 Å². The van der Waals surface area contributed by atoms with Gasteiger partial charge in [-0.3, -0.25) is 0 Å². The zero-order chi connectivity index (χ0) is 12.3. The topological polar surface area (TPSA) is 35.2 Å². The highest BCUT2D eigenvalue weighted by molar-refractivity contribution is 7.80. The third-order valence-electron chi connectivity index (χ3n) is 1.61. The lowest BCUT2D eigenvalue weighted by molar-refractivity contribution is -0.153. The van der Waals surface area contributed by atoms with Gasteiger partial charge < -0.3 is 10.5 Å². The fourth-order valence-corrected chi connectivity index (χ4v) is 1.22. The van der Waals surface area contributed by atoms with Crippen LogP contribution in [0, 0.1) is 5.82 Å². The number of hydrogen-bond donors (Lipinski definition) is 1. The summed E-state index contributed by atoms with van der Waals surface area (Å²) < 4.78 is 53.3. The first-order valence-electron chi connectivity index (χ1n) is 4.09. The van der Waals surface area contributed by atoms with Crippen LogP contribution in [0.15, 0.2) is 18.2 Å².